The molecule has 0 unspecified atom stereocenters. The van der Waals surface area contributed by atoms with Gasteiger partial charge in [0.1, 0.15) is 16.4 Å². The van der Waals surface area contributed by atoms with Gasteiger partial charge in [0.05, 0.1) is 14.2 Å². The van der Waals surface area contributed by atoms with Crippen molar-refractivity contribution in [3.05, 3.63) is 48.0 Å². The third kappa shape index (κ3) is 5.15. The predicted molar refractivity (Wildman–Crippen MR) is 112 cm³/mol. The summed E-state index contributed by atoms with van der Waals surface area (Å²) in [6.07, 6.45) is 0. The van der Waals surface area contributed by atoms with E-state index in [4.69, 9.17) is 9.47 Å². The van der Waals surface area contributed by atoms with Crippen molar-refractivity contribution >= 4 is 15.7 Å². The summed E-state index contributed by atoms with van der Waals surface area (Å²) in [6.45, 7) is 0.228. The van der Waals surface area contributed by atoms with E-state index in [1.807, 2.05) is 62.3 Å². The van der Waals surface area contributed by atoms with Gasteiger partial charge in [-0.1, -0.05) is 12.1 Å². The maximum atomic E-state index is 12.9. The van der Waals surface area contributed by atoms with Gasteiger partial charge in [-0.15, -0.1) is 0 Å². The van der Waals surface area contributed by atoms with Crippen LogP contribution in [0.1, 0.15) is 11.6 Å². The highest BCUT2D eigenvalue weighted by atomic mass is 32.2. The molecule has 0 aliphatic carbocycles. The molecular weight excluding hydrogens is 378 g/mol. The van der Waals surface area contributed by atoms with Crippen LogP contribution in [0.3, 0.4) is 0 Å². The molecular formula is C20H29N3O4S. The molecule has 1 N–H and O–H groups in total. The van der Waals surface area contributed by atoms with E-state index in [9.17, 15) is 8.42 Å². The van der Waals surface area contributed by atoms with E-state index >= 15 is 0 Å². The Morgan fingerprint density at radius 1 is 0.964 bits per heavy atom. The van der Waals surface area contributed by atoms with Crippen LogP contribution in [0.4, 0.5) is 5.69 Å². The lowest BCUT2D eigenvalue weighted by atomic mass is 10.1. The Labute approximate surface area is 167 Å². The molecule has 0 heterocycles. The van der Waals surface area contributed by atoms with Crippen molar-refractivity contribution in [3.8, 4) is 11.5 Å². The summed E-state index contributed by atoms with van der Waals surface area (Å²) < 4.78 is 38.8. The van der Waals surface area contributed by atoms with Crippen LogP contribution in [0.2, 0.25) is 0 Å². The second-order valence-electron chi connectivity index (χ2n) is 6.83. The number of methoxy groups -OCH3 is 2. The van der Waals surface area contributed by atoms with Crippen molar-refractivity contribution in [2.45, 2.75) is 10.9 Å². The van der Waals surface area contributed by atoms with E-state index < -0.39 is 10.0 Å². The van der Waals surface area contributed by atoms with Crippen molar-refractivity contribution < 1.29 is 17.9 Å². The lowest BCUT2D eigenvalue weighted by molar-refractivity contribution is 0.299. The summed E-state index contributed by atoms with van der Waals surface area (Å²) in [4.78, 5) is 4.09. The fraction of sp³-hybridized carbons (Fsp3) is 0.400. The number of rotatable bonds is 9. The molecule has 0 saturated carbocycles. The Morgan fingerprint density at radius 2 is 1.61 bits per heavy atom. The molecule has 0 aliphatic rings. The van der Waals surface area contributed by atoms with E-state index in [0.29, 0.717) is 5.75 Å². The van der Waals surface area contributed by atoms with Gasteiger partial charge in [0.25, 0.3) is 0 Å². The first-order chi connectivity index (χ1) is 13.2. The molecule has 0 aromatic heterocycles. The number of hydrogen-bond donors (Lipinski definition) is 1. The molecule has 2 aromatic rings. The lowest BCUT2D eigenvalue weighted by Crippen LogP contribution is -2.34. The molecule has 7 nitrogen and oxygen atoms in total. The number of ether oxygens (including phenoxy) is 2. The Morgan fingerprint density at radius 3 is 2.11 bits per heavy atom. The third-order valence-corrected chi connectivity index (χ3v) is 6.01. The molecule has 0 aliphatic heterocycles. The zero-order valence-electron chi connectivity index (χ0n) is 17.3. The summed E-state index contributed by atoms with van der Waals surface area (Å²) in [5.74, 6) is 0.770. The maximum absolute atomic E-state index is 12.9. The predicted octanol–water partition coefficient (Wildman–Crippen LogP) is 2.35. The molecule has 0 spiro atoms. The van der Waals surface area contributed by atoms with E-state index in [-0.39, 0.29) is 23.2 Å². The minimum Gasteiger partial charge on any atom is -0.497 e. The maximum Gasteiger partial charge on any atom is 0.244 e. The monoisotopic (exact) mass is 407 g/mol. The first-order valence-corrected chi connectivity index (χ1v) is 10.3. The van der Waals surface area contributed by atoms with Crippen LogP contribution in [-0.2, 0) is 10.0 Å². The Hall–Kier alpha value is -2.29. The fourth-order valence-electron chi connectivity index (χ4n) is 2.86. The average Bonchev–Trinajstić information content (AvgIpc) is 2.67. The number of nitrogens with one attached hydrogen (secondary N) is 1. The van der Waals surface area contributed by atoms with Crippen LogP contribution < -0.4 is 19.1 Å². The second-order valence-corrected chi connectivity index (χ2v) is 8.57. The van der Waals surface area contributed by atoms with Crippen LogP contribution in [0, 0.1) is 0 Å². The summed E-state index contributed by atoms with van der Waals surface area (Å²) in [6, 6.07) is 12.6. The molecule has 2 aromatic carbocycles. The Bertz CT molecular complexity index is 881. The largest absolute Gasteiger partial charge is 0.497 e. The summed E-state index contributed by atoms with van der Waals surface area (Å²) >= 11 is 0. The number of benzene rings is 2. The standard InChI is InChI=1S/C20H29N3O4S/c1-22(2)16-9-7-15(8-10-16)18(23(3)4)14-21-28(24,25)20-12-11-17(26-5)13-19(20)27-6/h7-13,18,21H,14H2,1-6H3/t18-/m0/s1. The van der Waals surface area contributed by atoms with Gasteiger partial charge in [-0.2, -0.15) is 0 Å². The first kappa shape index (κ1) is 22.0. The lowest BCUT2D eigenvalue weighted by Gasteiger charge is -2.26. The van der Waals surface area contributed by atoms with Crippen molar-refractivity contribution in [2.24, 2.45) is 0 Å². The van der Waals surface area contributed by atoms with Crippen molar-refractivity contribution in [3.63, 3.8) is 0 Å². The summed E-state index contributed by atoms with van der Waals surface area (Å²) in [5, 5.41) is 0. The highest BCUT2D eigenvalue weighted by Crippen LogP contribution is 2.29. The fourth-order valence-corrected chi connectivity index (χ4v) is 4.04. The SMILES string of the molecule is COc1ccc(S(=O)(=O)NC[C@@H](c2ccc(N(C)C)cc2)N(C)C)c(OC)c1. The molecule has 154 valence electrons. The molecule has 0 saturated heterocycles. The highest BCUT2D eigenvalue weighted by molar-refractivity contribution is 7.89. The summed E-state index contributed by atoms with van der Waals surface area (Å²) in [5.41, 5.74) is 2.12. The van der Waals surface area contributed by atoms with Gasteiger partial charge in [-0.05, 0) is 43.9 Å². The van der Waals surface area contributed by atoms with Crippen LogP contribution in [0.15, 0.2) is 47.4 Å². The molecule has 0 bridgehead atoms. The number of hydrogen-bond acceptors (Lipinski definition) is 6. The molecule has 8 heteroatoms. The van der Waals surface area contributed by atoms with Gasteiger partial charge in [-0.25, -0.2) is 13.1 Å². The van der Waals surface area contributed by atoms with Gasteiger partial charge in [0.2, 0.25) is 10.0 Å². The first-order valence-electron chi connectivity index (χ1n) is 8.85. The normalized spacial score (nSPS) is 12.7. The molecule has 0 amide bonds. The number of sulfonamides is 1. The number of likely N-dealkylation sites (N-methyl/N-ethyl adjacent to an activating group) is 1. The van der Waals surface area contributed by atoms with E-state index in [2.05, 4.69) is 4.72 Å². The highest BCUT2D eigenvalue weighted by Gasteiger charge is 2.23. The molecule has 0 radical (unpaired) electrons. The molecule has 28 heavy (non-hydrogen) atoms. The zero-order chi connectivity index (χ0) is 20.9. The van der Waals surface area contributed by atoms with E-state index in [0.717, 1.165) is 11.3 Å². The molecule has 0 fully saturated rings. The van der Waals surface area contributed by atoms with E-state index in [1.165, 1.54) is 20.3 Å². The Balaban J connectivity index is 2.23. The average molecular weight is 408 g/mol. The van der Waals surface area contributed by atoms with E-state index in [1.54, 1.807) is 12.1 Å². The van der Waals surface area contributed by atoms with Crippen LogP contribution in [0.5, 0.6) is 11.5 Å². The van der Waals surface area contributed by atoms with Gasteiger partial charge in [0.15, 0.2) is 0 Å². The van der Waals surface area contributed by atoms with Crippen molar-refractivity contribution in [1.82, 2.24) is 9.62 Å². The smallest absolute Gasteiger partial charge is 0.244 e. The zero-order valence-corrected chi connectivity index (χ0v) is 18.1. The number of nitrogens with zero attached hydrogens (tertiary/aromatic N) is 2. The third-order valence-electron chi connectivity index (χ3n) is 4.54. The van der Waals surface area contributed by atoms with Crippen LogP contribution in [0.25, 0.3) is 0 Å². The quantitative estimate of drug-likeness (QED) is 0.688. The minimum atomic E-state index is -3.75. The topological polar surface area (TPSA) is 71.1 Å². The van der Waals surface area contributed by atoms with Gasteiger partial charge >= 0.3 is 0 Å². The van der Waals surface area contributed by atoms with Crippen molar-refractivity contribution in [2.75, 3.05) is 53.9 Å². The van der Waals surface area contributed by atoms with Crippen molar-refractivity contribution in [1.29, 1.82) is 0 Å². The van der Waals surface area contributed by atoms with Crippen LogP contribution >= 0.6 is 0 Å². The van der Waals surface area contributed by atoms with Crippen LogP contribution in [-0.4, -0.2) is 62.3 Å². The minimum absolute atomic E-state index is 0.0799. The number of anilines is 1. The van der Waals surface area contributed by atoms with Gasteiger partial charge < -0.3 is 19.3 Å². The molecule has 2 rings (SSSR count). The Kier molecular flexibility index (Phi) is 7.29. The second kappa shape index (κ2) is 9.27. The van der Waals surface area contributed by atoms with Gasteiger partial charge in [0, 0.05) is 38.4 Å². The van der Waals surface area contributed by atoms with Gasteiger partial charge in [-0.3, -0.25) is 0 Å². The summed E-state index contributed by atoms with van der Waals surface area (Å²) in [7, 11) is 7.01. The molecule has 1 atom stereocenters.